The van der Waals surface area contributed by atoms with Crippen LogP contribution in [-0.4, -0.2) is 82.6 Å². The predicted octanol–water partition coefficient (Wildman–Crippen LogP) is 4.33. The summed E-state index contributed by atoms with van der Waals surface area (Å²) in [6.45, 7) is 3.88. The maximum atomic E-state index is 16.6. The summed E-state index contributed by atoms with van der Waals surface area (Å²) in [6.07, 6.45) is 2.64. The van der Waals surface area contributed by atoms with E-state index in [2.05, 4.69) is 20.1 Å². The monoisotopic (exact) mass is 563 g/mol. The van der Waals surface area contributed by atoms with Crippen LogP contribution in [0.1, 0.15) is 19.3 Å². The predicted molar refractivity (Wildman–Crippen MR) is 154 cm³/mol. The molecule has 4 heterocycles. The second-order valence-electron chi connectivity index (χ2n) is 11.1. The summed E-state index contributed by atoms with van der Waals surface area (Å²) in [5.41, 5.74) is 0.813. The Bertz CT molecular complexity index is 1590. The van der Waals surface area contributed by atoms with Crippen molar-refractivity contribution in [2.45, 2.75) is 37.5 Å². The number of phenolic OH excluding ortho intramolecular Hbond substituents is 1. The quantitative estimate of drug-likeness (QED) is 0.319. The zero-order valence-electron chi connectivity index (χ0n) is 22.0. The van der Waals surface area contributed by atoms with E-state index in [1.807, 2.05) is 24.3 Å². The molecule has 3 aliphatic rings. The van der Waals surface area contributed by atoms with Crippen molar-refractivity contribution in [2.24, 2.45) is 0 Å². The number of rotatable bonds is 6. The van der Waals surface area contributed by atoms with Crippen molar-refractivity contribution in [1.29, 1.82) is 0 Å². The van der Waals surface area contributed by atoms with Crippen molar-refractivity contribution in [3.05, 3.63) is 53.3 Å². The number of aliphatic hydroxyl groups excluding tert-OH is 1. The minimum absolute atomic E-state index is 0.0278. The third kappa shape index (κ3) is 4.71. The van der Waals surface area contributed by atoms with Gasteiger partial charge in [0.25, 0.3) is 0 Å². The Labute approximate surface area is 236 Å². The van der Waals surface area contributed by atoms with Crippen LogP contribution in [0.5, 0.6) is 11.8 Å². The smallest absolute Gasteiger partial charge is 0.319 e. The second-order valence-corrected chi connectivity index (χ2v) is 11.5. The molecular weight excluding hydrogens is 533 g/mol. The van der Waals surface area contributed by atoms with E-state index in [0.717, 1.165) is 49.7 Å². The van der Waals surface area contributed by atoms with Gasteiger partial charge in [-0.05, 0) is 53.8 Å². The van der Waals surface area contributed by atoms with Crippen molar-refractivity contribution < 1.29 is 19.3 Å². The lowest BCUT2D eigenvalue weighted by molar-refractivity contribution is 0.165. The van der Waals surface area contributed by atoms with Gasteiger partial charge in [-0.1, -0.05) is 35.9 Å². The van der Waals surface area contributed by atoms with Crippen molar-refractivity contribution in [1.82, 2.24) is 20.2 Å². The molecule has 3 fully saturated rings. The first-order valence-corrected chi connectivity index (χ1v) is 14.3. The lowest BCUT2D eigenvalue weighted by Crippen LogP contribution is -2.51. The molecular formula is C30H31ClFN5O3. The van der Waals surface area contributed by atoms with Crippen LogP contribution >= 0.6 is 11.6 Å². The summed E-state index contributed by atoms with van der Waals surface area (Å²) < 4.78 is 22.6. The average Bonchev–Trinajstić information content (AvgIpc) is 3.51. The van der Waals surface area contributed by atoms with E-state index in [4.69, 9.17) is 21.3 Å². The number of aliphatic hydroxyl groups is 1. The zero-order chi connectivity index (χ0) is 27.4. The van der Waals surface area contributed by atoms with Gasteiger partial charge in [0, 0.05) is 55.8 Å². The first-order chi connectivity index (χ1) is 19.4. The molecule has 7 rings (SSSR count). The molecule has 2 unspecified atom stereocenters. The van der Waals surface area contributed by atoms with Crippen molar-refractivity contribution in [2.75, 3.05) is 44.2 Å². The van der Waals surface area contributed by atoms with Gasteiger partial charge in [0.15, 0.2) is 5.82 Å². The molecule has 3 aromatic carbocycles. The summed E-state index contributed by atoms with van der Waals surface area (Å²) in [4.78, 5) is 13.7. The molecule has 0 aliphatic carbocycles. The Hall–Kier alpha value is -3.24. The molecule has 0 saturated carbocycles. The topological polar surface area (TPSA) is 94.0 Å². The SMILES string of the molecule is Oc1cc(-c2c(Cl)cc3c(N4CC5CC[C@H](C4)N5)nc(OCCN4CCC(O)C4)nc3c2F)c2ccccc2c1. The molecule has 3 N–H and O–H groups in total. The molecule has 2 bridgehead atoms. The number of piperazine rings is 1. The van der Waals surface area contributed by atoms with Crippen LogP contribution in [0.15, 0.2) is 42.5 Å². The van der Waals surface area contributed by atoms with Crippen LogP contribution in [0.3, 0.4) is 0 Å². The van der Waals surface area contributed by atoms with Crippen molar-refractivity contribution >= 4 is 39.1 Å². The molecule has 0 radical (unpaired) electrons. The van der Waals surface area contributed by atoms with E-state index in [-0.39, 0.29) is 34.0 Å². The maximum Gasteiger partial charge on any atom is 0.319 e. The molecule has 0 spiro atoms. The van der Waals surface area contributed by atoms with Crippen LogP contribution in [-0.2, 0) is 0 Å². The molecule has 40 heavy (non-hydrogen) atoms. The molecule has 10 heteroatoms. The number of hydrogen-bond acceptors (Lipinski definition) is 8. The number of fused-ring (bicyclic) bond motifs is 4. The highest BCUT2D eigenvalue weighted by Crippen LogP contribution is 2.42. The number of phenols is 1. The highest BCUT2D eigenvalue weighted by molar-refractivity contribution is 6.35. The Kier molecular flexibility index (Phi) is 6.62. The third-order valence-electron chi connectivity index (χ3n) is 8.36. The first kappa shape index (κ1) is 25.7. The van der Waals surface area contributed by atoms with Gasteiger partial charge in [-0.3, -0.25) is 4.90 Å². The second kappa shape index (κ2) is 10.3. The highest BCUT2D eigenvalue weighted by atomic mass is 35.5. The fourth-order valence-corrected chi connectivity index (χ4v) is 6.76. The molecule has 208 valence electrons. The number of nitrogens with one attached hydrogen (secondary N) is 1. The standard InChI is InChI=1S/C30H31ClFN5O3/c31-25-13-24-28(27(32)26(25)23-12-21(39)11-17-3-1-2-4-22(17)23)34-30(40-10-9-36-8-7-20(38)16-36)35-29(24)37-14-18-5-6-19(15-37)33-18/h1-4,11-13,18-20,33,38-39H,5-10,14-16H2/t18-,19?,20?/m1/s1. The maximum absolute atomic E-state index is 16.6. The molecule has 3 atom stereocenters. The number of β-amino-alcohol motifs (C(OH)–C–C–N with tert-alkyl or cyclic N) is 1. The average molecular weight is 564 g/mol. The number of aromatic hydroxyl groups is 1. The van der Waals surface area contributed by atoms with Gasteiger partial charge in [-0.15, -0.1) is 0 Å². The minimum Gasteiger partial charge on any atom is -0.508 e. The number of likely N-dealkylation sites (tertiary alicyclic amines) is 1. The number of hydrogen-bond donors (Lipinski definition) is 3. The molecule has 8 nitrogen and oxygen atoms in total. The van der Waals surface area contributed by atoms with E-state index in [0.29, 0.717) is 48.5 Å². The molecule has 1 aromatic heterocycles. The molecule has 3 aliphatic heterocycles. The lowest BCUT2D eigenvalue weighted by Gasteiger charge is -2.34. The van der Waals surface area contributed by atoms with E-state index in [9.17, 15) is 10.2 Å². The van der Waals surface area contributed by atoms with Gasteiger partial charge in [0.05, 0.1) is 11.1 Å². The fraction of sp³-hybridized carbons (Fsp3) is 0.400. The van der Waals surface area contributed by atoms with Crippen LogP contribution in [0.25, 0.3) is 32.8 Å². The summed E-state index contributed by atoms with van der Waals surface area (Å²) in [5, 5.41) is 26.2. The molecule has 4 aromatic rings. The number of benzene rings is 3. The normalized spacial score (nSPS) is 23.0. The van der Waals surface area contributed by atoms with E-state index >= 15 is 4.39 Å². The number of nitrogens with zero attached hydrogens (tertiary/aromatic N) is 4. The highest BCUT2D eigenvalue weighted by Gasteiger charge is 2.34. The Morgan fingerprint density at radius 2 is 1.82 bits per heavy atom. The van der Waals surface area contributed by atoms with Gasteiger partial charge < -0.3 is 25.2 Å². The molecule has 3 saturated heterocycles. The van der Waals surface area contributed by atoms with Gasteiger partial charge >= 0.3 is 6.01 Å². The fourth-order valence-electron chi connectivity index (χ4n) is 6.47. The van der Waals surface area contributed by atoms with E-state index in [1.54, 1.807) is 12.1 Å². The third-order valence-corrected chi connectivity index (χ3v) is 8.66. The lowest BCUT2D eigenvalue weighted by atomic mass is 9.96. The van der Waals surface area contributed by atoms with E-state index in [1.165, 1.54) is 6.07 Å². The molecule has 0 amide bonds. The van der Waals surface area contributed by atoms with Crippen molar-refractivity contribution in [3.8, 4) is 22.9 Å². The van der Waals surface area contributed by atoms with Crippen LogP contribution < -0.4 is 15.0 Å². The van der Waals surface area contributed by atoms with Crippen LogP contribution in [0, 0.1) is 5.82 Å². The van der Waals surface area contributed by atoms with Gasteiger partial charge in [-0.25, -0.2) is 4.39 Å². The Morgan fingerprint density at radius 1 is 1.02 bits per heavy atom. The largest absolute Gasteiger partial charge is 0.508 e. The minimum atomic E-state index is -0.576. The van der Waals surface area contributed by atoms with Gasteiger partial charge in [0.2, 0.25) is 0 Å². The number of anilines is 1. The van der Waals surface area contributed by atoms with E-state index < -0.39 is 5.82 Å². The van der Waals surface area contributed by atoms with Crippen molar-refractivity contribution in [3.63, 3.8) is 0 Å². The van der Waals surface area contributed by atoms with Crippen LogP contribution in [0.4, 0.5) is 10.2 Å². The summed E-state index contributed by atoms with van der Waals surface area (Å²) in [5.74, 6) is 0.0654. The Balaban J connectivity index is 1.33. The first-order valence-electron chi connectivity index (χ1n) is 13.9. The number of ether oxygens (including phenoxy) is 1. The van der Waals surface area contributed by atoms with Crippen LogP contribution in [0.2, 0.25) is 5.02 Å². The van der Waals surface area contributed by atoms with Gasteiger partial charge in [-0.2, -0.15) is 9.97 Å². The number of halogens is 2. The van der Waals surface area contributed by atoms with Gasteiger partial charge in [0.1, 0.15) is 23.7 Å². The summed E-state index contributed by atoms with van der Waals surface area (Å²) in [6, 6.07) is 13.2. The summed E-state index contributed by atoms with van der Waals surface area (Å²) >= 11 is 6.82. The number of aromatic nitrogens is 2. The summed E-state index contributed by atoms with van der Waals surface area (Å²) in [7, 11) is 0. The zero-order valence-corrected chi connectivity index (χ0v) is 22.7. The Morgan fingerprint density at radius 3 is 2.60 bits per heavy atom.